The van der Waals surface area contributed by atoms with Crippen LogP contribution in [0.1, 0.15) is 91.9 Å². The van der Waals surface area contributed by atoms with Crippen molar-refractivity contribution < 1.29 is 0 Å². The summed E-state index contributed by atoms with van der Waals surface area (Å²) in [7, 11) is 0. The smallest absolute Gasteiger partial charge is 0.0291 e. The van der Waals surface area contributed by atoms with Gasteiger partial charge in [0.25, 0.3) is 0 Å². The van der Waals surface area contributed by atoms with Gasteiger partial charge in [-0.05, 0) is 57.8 Å². The molecule has 116 valence electrons. The lowest BCUT2D eigenvalue weighted by Crippen LogP contribution is -2.08. The van der Waals surface area contributed by atoms with Crippen molar-refractivity contribution in [3.63, 3.8) is 0 Å². The van der Waals surface area contributed by atoms with E-state index in [-0.39, 0.29) is 0 Å². The van der Waals surface area contributed by atoms with Crippen LogP contribution >= 0.6 is 0 Å². The van der Waals surface area contributed by atoms with Gasteiger partial charge in [-0.1, -0.05) is 69.2 Å². The van der Waals surface area contributed by atoms with Crippen molar-refractivity contribution in [2.45, 2.75) is 91.9 Å². The van der Waals surface area contributed by atoms with Crippen LogP contribution in [0.3, 0.4) is 0 Å². The summed E-state index contributed by atoms with van der Waals surface area (Å²) in [6.07, 6.45) is 21.2. The minimum Gasteiger partial charge on any atom is -0.0917 e. The molecule has 2 aliphatic rings. The van der Waals surface area contributed by atoms with Gasteiger partial charge in [0.2, 0.25) is 0 Å². The second kappa shape index (κ2) is 9.42. The molecule has 0 aromatic rings. The fourth-order valence-corrected chi connectivity index (χ4v) is 3.46. The highest BCUT2D eigenvalue weighted by Crippen LogP contribution is 2.40. The highest BCUT2D eigenvalue weighted by Gasteiger charge is 2.26. The van der Waals surface area contributed by atoms with Gasteiger partial charge >= 0.3 is 0 Å². The molecular weight excluding hydrogens is 240 g/mol. The number of rotatable bonds is 4. The second-order valence-corrected chi connectivity index (χ2v) is 7.46. The lowest BCUT2D eigenvalue weighted by atomic mass is 9.85. The Kier molecular flexibility index (Phi) is 8.26. The summed E-state index contributed by atoms with van der Waals surface area (Å²) in [5.74, 6) is 1.03. The molecule has 0 nitrogen and oxygen atoms in total. The quantitative estimate of drug-likeness (QED) is 0.482. The zero-order valence-corrected chi connectivity index (χ0v) is 14.4. The van der Waals surface area contributed by atoms with Crippen LogP contribution in [-0.2, 0) is 0 Å². The number of hydrogen-bond acceptors (Lipinski definition) is 0. The Bertz CT molecular complexity index is 292. The fourth-order valence-electron chi connectivity index (χ4n) is 3.46. The van der Waals surface area contributed by atoms with Gasteiger partial charge < -0.3 is 0 Å². The summed E-state index contributed by atoms with van der Waals surface area (Å²) in [4.78, 5) is 0. The lowest BCUT2D eigenvalue weighted by Gasteiger charge is -2.21. The van der Waals surface area contributed by atoms with Gasteiger partial charge in [0.1, 0.15) is 0 Å². The van der Waals surface area contributed by atoms with E-state index in [4.69, 9.17) is 0 Å². The standard InChI is InChI=1S/C11H20.C9H16/c1-10(2)6-9-11(3)7-4-5-8-11;1-2-3-6-9-7-4-5-8-9/h6H,4-5,7-9H2,1-3H3;2-3,9H,4-8H2,1H3. The molecule has 0 aliphatic heterocycles. The first kappa shape index (κ1) is 17.5. The first-order valence-electron chi connectivity index (χ1n) is 8.80. The van der Waals surface area contributed by atoms with Gasteiger partial charge in [0.15, 0.2) is 0 Å². The molecule has 0 atom stereocenters. The summed E-state index contributed by atoms with van der Waals surface area (Å²) < 4.78 is 0. The zero-order valence-electron chi connectivity index (χ0n) is 14.4. The van der Waals surface area contributed by atoms with Gasteiger partial charge in [0, 0.05) is 0 Å². The molecule has 0 spiro atoms. The van der Waals surface area contributed by atoms with Gasteiger partial charge in [0.05, 0.1) is 0 Å². The highest BCUT2D eigenvalue weighted by molar-refractivity contribution is 4.97. The molecule has 0 heteroatoms. The van der Waals surface area contributed by atoms with Crippen molar-refractivity contribution in [2.75, 3.05) is 0 Å². The zero-order chi connectivity index (χ0) is 14.8. The Morgan fingerprint density at radius 3 is 2.15 bits per heavy atom. The third-order valence-corrected chi connectivity index (χ3v) is 4.99. The van der Waals surface area contributed by atoms with Crippen LogP contribution in [0, 0.1) is 11.3 Å². The first-order chi connectivity index (χ1) is 9.56. The van der Waals surface area contributed by atoms with Crippen molar-refractivity contribution in [1.29, 1.82) is 0 Å². The van der Waals surface area contributed by atoms with Crippen molar-refractivity contribution in [1.82, 2.24) is 0 Å². The van der Waals surface area contributed by atoms with E-state index in [2.05, 4.69) is 45.9 Å². The Hall–Kier alpha value is -0.520. The van der Waals surface area contributed by atoms with Crippen molar-refractivity contribution in [3.05, 3.63) is 23.8 Å². The maximum Gasteiger partial charge on any atom is -0.0291 e. The molecule has 0 amide bonds. The van der Waals surface area contributed by atoms with Crippen molar-refractivity contribution in [2.24, 2.45) is 11.3 Å². The van der Waals surface area contributed by atoms with E-state index in [9.17, 15) is 0 Å². The van der Waals surface area contributed by atoms with Gasteiger partial charge in [-0.3, -0.25) is 0 Å². The summed E-state index contributed by atoms with van der Waals surface area (Å²) in [6.45, 7) is 8.92. The Labute approximate surface area is 127 Å². The van der Waals surface area contributed by atoms with Crippen LogP contribution in [-0.4, -0.2) is 0 Å². The van der Waals surface area contributed by atoms with E-state index in [0.717, 1.165) is 5.92 Å². The SMILES string of the molecule is CC(C)=CCC1(C)CCCC1.CC=CCC1CCCC1. The van der Waals surface area contributed by atoms with Crippen LogP contribution in [0.2, 0.25) is 0 Å². The van der Waals surface area contributed by atoms with E-state index in [1.165, 1.54) is 69.8 Å². The molecule has 0 bridgehead atoms. The average Bonchev–Trinajstić information content (AvgIpc) is 3.07. The van der Waals surface area contributed by atoms with Gasteiger partial charge in [-0.15, -0.1) is 0 Å². The van der Waals surface area contributed by atoms with E-state index < -0.39 is 0 Å². The lowest BCUT2D eigenvalue weighted by molar-refractivity contribution is 0.341. The van der Waals surface area contributed by atoms with E-state index in [1.807, 2.05) is 0 Å². The molecule has 0 N–H and O–H groups in total. The molecule has 2 rings (SSSR count). The van der Waals surface area contributed by atoms with Crippen LogP contribution in [0.5, 0.6) is 0 Å². The predicted octanol–water partition coefficient (Wildman–Crippen LogP) is 7.07. The maximum absolute atomic E-state index is 2.43. The van der Waals surface area contributed by atoms with Crippen LogP contribution < -0.4 is 0 Å². The predicted molar refractivity (Wildman–Crippen MR) is 92.0 cm³/mol. The molecule has 0 saturated heterocycles. The second-order valence-electron chi connectivity index (χ2n) is 7.46. The number of allylic oxidation sites excluding steroid dienone is 4. The van der Waals surface area contributed by atoms with E-state index in [1.54, 1.807) is 0 Å². The normalized spacial score (nSPS) is 21.8. The highest BCUT2D eigenvalue weighted by atomic mass is 14.3. The fraction of sp³-hybridized carbons (Fsp3) is 0.800. The summed E-state index contributed by atoms with van der Waals surface area (Å²) >= 11 is 0. The van der Waals surface area contributed by atoms with Gasteiger partial charge in [-0.25, -0.2) is 0 Å². The van der Waals surface area contributed by atoms with E-state index >= 15 is 0 Å². The van der Waals surface area contributed by atoms with Crippen LogP contribution in [0.4, 0.5) is 0 Å². The average molecular weight is 277 g/mol. The molecule has 2 fully saturated rings. The first-order valence-corrected chi connectivity index (χ1v) is 8.80. The Balaban J connectivity index is 0.000000204. The Morgan fingerprint density at radius 2 is 1.65 bits per heavy atom. The molecule has 20 heavy (non-hydrogen) atoms. The molecule has 0 aromatic heterocycles. The molecule has 2 aliphatic carbocycles. The largest absolute Gasteiger partial charge is 0.0917 e. The minimum atomic E-state index is 0.650. The molecule has 2 saturated carbocycles. The third kappa shape index (κ3) is 7.31. The number of hydrogen-bond donors (Lipinski definition) is 0. The van der Waals surface area contributed by atoms with Crippen LogP contribution in [0.15, 0.2) is 23.8 Å². The monoisotopic (exact) mass is 276 g/mol. The minimum absolute atomic E-state index is 0.650. The van der Waals surface area contributed by atoms with Crippen molar-refractivity contribution in [3.8, 4) is 0 Å². The van der Waals surface area contributed by atoms with Crippen molar-refractivity contribution >= 4 is 0 Å². The molecule has 0 heterocycles. The summed E-state index contributed by atoms with van der Waals surface area (Å²) in [6, 6.07) is 0. The molecule has 0 aromatic carbocycles. The third-order valence-electron chi connectivity index (χ3n) is 4.99. The maximum atomic E-state index is 2.43. The summed E-state index contributed by atoms with van der Waals surface area (Å²) in [5.41, 5.74) is 2.12. The summed E-state index contributed by atoms with van der Waals surface area (Å²) in [5, 5.41) is 0. The molecular formula is C20H36. The van der Waals surface area contributed by atoms with Gasteiger partial charge in [-0.2, -0.15) is 0 Å². The Morgan fingerprint density at radius 1 is 1.05 bits per heavy atom. The van der Waals surface area contributed by atoms with Crippen LogP contribution in [0.25, 0.3) is 0 Å². The molecule has 0 radical (unpaired) electrons. The van der Waals surface area contributed by atoms with E-state index in [0.29, 0.717) is 5.41 Å². The topological polar surface area (TPSA) is 0 Å². The molecule has 0 unspecified atom stereocenters.